The second-order valence-electron chi connectivity index (χ2n) is 5.55. The highest BCUT2D eigenvalue weighted by atomic mass is 35.5. The van der Waals surface area contributed by atoms with Gasteiger partial charge in [0.2, 0.25) is 5.91 Å². The van der Waals surface area contributed by atoms with E-state index < -0.39 is 0 Å². The Morgan fingerprint density at radius 2 is 1.86 bits per heavy atom. The second-order valence-corrected chi connectivity index (χ2v) is 5.55. The van der Waals surface area contributed by atoms with Gasteiger partial charge in [-0.1, -0.05) is 37.3 Å². The summed E-state index contributed by atoms with van der Waals surface area (Å²) in [6, 6.07) is 10.5. The molecule has 124 valence electrons. The first-order valence-electron chi connectivity index (χ1n) is 8.04. The Balaban J connectivity index is 0.00000242. The molecule has 0 aromatic heterocycles. The fourth-order valence-electron chi connectivity index (χ4n) is 2.69. The number of carbonyl (C=O) groups is 1. The molecule has 1 saturated heterocycles. The predicted octanol–water partition coefficient (Wildman–Crippen LogP) is 1.79. The monoisotopic (exact) mass is 325 g/mol. The molecule has 4 nitrogen and oxygen atoms in total. The molecule has 1 aliphatic rings. The van der Waals surface area contributed by atoms with Gasteiger partial charge in [-0.15, -0.1) is 12.4 Å². The van der Waals surface area contributed by atoms with E-state index in [1.807, 2.05) is 11.0 Å². The van der Waals surface area contributed by atoms with E-state index in [0.29, 0.717) is 12.3 Å². The van der Waals surface area contributed by atoms with E-state index in [0.717, 1.165) is 52.2 Å². The number of nitrogens with zero attached hydrogens (tertiary/aromatic N) is 2. The maximum Gasteiger partial charge on any atom is 0.223 e. The lowest BCUT2D eigenvalue weighted by atomic mass is 10.1. The third kappa shape index (κ3) is 6.34. The Labute approximate surface area is 140 Å². The van der Waals surface area contributed by atoms with Crippen LogP contribution in [0.4, 0.5) is 0 Å². The highest BCUT2D eigenvalue weighted by molar-refractivity contribution is 5.85. The number of halogens is 1. The number of rotatable bonds is 7. The van der Waals surface area contributed by atoms with Gasteiger partial charge >= 0.3 is 0 Å². The Morgan fingerprint density at radius 1 is 1.18 bits per heavy atom. The van der Waals surface area contributed by atoms with Crippen LogP contribution in [0, 0.1) is 0 Å². The number of piperazine rings is 1. The summed E-state index contributed by atoms with van der Waals surface area (Å²) in [6.07, 6.45) is 1.69. The van der Waals surface area contributed by atoms with Gasteiger partial charge in [-0.2, -0.15) is 0 Å². The smallest absolute Gasteiger partial charge is 0.223 e. The van der Waals surface area contributed by atoms with Crippen LogP contribution in [0.5, 0.6) is 0 Å². The number of carbonyl (C=O) groups excluding carboxylic acids is 1. The Kier molecular flexibility index (Phi) is 9.13. The number of benzene rings is 1. The van der Waals surface area contributed by atoms with E-state index in [-0.39, 0.29) is 12.4 Å². The summed E-state index contributed by atoms with van der Waals surface area (Å²) in [5, 5.41) is 3.28. The first-order valence-corrected chi connectivity index (χ1v) is 8.04. The van der Waals surface area contributed by atoms with Gasteiger partial charge in [0.1, 0.15) is 0 Å². The van der Waals surface area contributed by atoms with Gasteiger partial charge in [0.25, 0.3) is 0 Å². The lowest BCUT2D eigenvalue weighted by Crippen LogP contribution is -2.47. The van der Waals surface area contributed by atoms with Crippen molar-refractivity contribution < 1.29 is 4.79 Å². The molecule has 0 aliphatic carbocycles. The minimum absolute atomic E-state index is 0. The summed E-state index contributed by atoms with van der Waals surface area (Å²) in [5.74, 6) is 0.301. The lowest BCUT2D eigenvalue weighted by molar-refractivity contribution is -0.132. The summed E-state index contributed by atoms with van der Waals surface area (Å²) in [6.45, 7) is 8.63. The van der Waals surface area contributed by atoms with E-state index >= 15 is 0 Å². The van der Waals surface area contributed by atoms with Crippen LogP contribution in [0.15, 0.2) is 30.3 Å². The molecule has 1 aromatic rings. The molecule has 1 aromatic carbocycles. The molecule has 1 heterocycles. The average Bonchev–Trinajstić information content (AvgIpc) is 2.56. The van der Waals surface area contributed by atoms with Gasteiger partial charge < -0.3 is 15.1 Å². The molecule has 0 bridgehead atoms. The number of nitrogens with one attached hydrogen (secondary N) is 1. The SMILES string of the molecule is CCN(CCC(=O)N1CCNCC1)CCc1ccccc1.Cl. The van der Waals surface area contributed by atoms with Crippen LogP contribution in [0.1, 0.15) is 18.9 Å². The summed E-state index contributed by atoms with van der Waals surface area (Å²) in [5.41, 5.74) is 1.37. The van der Waals surface area contributed by atoms with Gasteiger partial charge in [0.05, 0.1) is 0 Å². The molecular weight excluding hydrogens is 298 g/mol. The molecule has 0 radical (unpaired) electrons. The van der Waals surface area contributed by atoms with Gasteiger partial charge in [-0.25, -0.2) is 0 Å². The number of hydrogen-bond donors (Lipinski definition) is 1. The predicted molar refractivity (Wildman–Crippen MR) is 93.6 cm³/mol. The number of amides is 1. The third-order valence-electron chi connectivity index (χ3n) is 4.12. The van der Waals surface area contributed by atoms with Crippen LogP contribution in [-0.2, 0) is 11.2 Å². The second kappa shape index (κ2) is 10.6. The van der Waals surface area contributed by atoms with E-state index in [1.54, 1.807) is 0 Å². The third-order valence-corrected chi connectivity index (χ3v) is 4.12. The van der Waals surface area contributed by atoms with Crippen LogP contribution in [0.25, 0.3) is 0 Å². The van der Waals surface area contributed by atoms with Crippen LogP contribution in [-0.4, -0.2) is 61.5 Å². The zero-order valence-electron chi connectivity index (χ0n) is 13.5. The zero-order chi connectivity index (χ0) is 14.9. The standard InChI is InChI=1S/C17H27N3O.ClH/c1-2-19(12-8-16-6-4-3-5-7-16)13-9-17(21)20-14-10-18-11-15-20;/h3-7,18H,2,8-15H2,1H3;1H. The first kappa shape index (κ1) is 18.9. The zero-order valence-corrected chi connectivity index (χ0v) is 14.3. The lowest BCUT2D eigenvalue weighted by Gasteiger charge is -2.28. The quantitative estimate of drug-likeness (QED) is 0.830. The Hall–Kier alpha value is -1.10. The summed E-state index contributed by atoms with van der Waals surface area (Å²) in [7, 11) is 0. The van der Waals surface area contributed by atoms with Gasteiger partial charge in [0.15, 0.2) is 0 Å². The number of hydrogen-bond acceptors (Lipinski definition) is 3. The molecule has 1 fully saturated rings. The van der Waals surface area contributed by atoms with Crippen molar-refractivity contribution in [2.24, 2.45) is 0 Å². The topological polar surface area (TPSA) is 35.6 Å². The van der Waals surface area contributed by atoms with Gasteiger partial charge in [-0.05, 0) is 18.5 Å². The summed E-state index contributed by atoms with van der Waals surface area (Å²) in [4.78, 5) is 16.5. The highest BCUT2D eigenvalue weighted by Gasteiger charge is 2.16. The fourth-order valence-corrected chi connectivity index (χ4v) is 2.69. The van der Waals surface area contributed by atoms with Crippen molar-refractivity contribution in [3.05, 3.63) is 35.9 Å². The maximum atomic E-state index is 12.2. The van der Waals surface area contributed by atoms with Crippen molar-refractivity contribution in [1.82, 2.24) is 15.1 Å². The Bertz CT molecular complexity index is 421. The molecule has 1 amide bonds. The average molecular weight is 326 g/mol. The van der Waals surface area contributed by atoms with E-state index in [1.165, 1.54) is 5.56 Å². The van der Waals surface area contributed by atoms with Crippen LogP contribution < -0.4 is 5.32 Å². The highest BCUT2D eigenvalue weighted by Crippen LogP contribution is 2.03. The number of likely N-dealkylation sites (N-methyl/N-ethyl adjacent to an activating group) is 1. The van der Waals surface area contributed by atoms with Crippen molar-refractivity contribution in [2.75, 3.05) is 45.8 Å². The molecule has 5 heteroatoms. The van der Waals surface area contributed by atoms with Crippen molar-refractivity contribution >= 4 is 18.3 Å². The molecule has 0 saturated carbocycles. The molecule has 2 rings (SSSR count). The maximum absolute atomic E-state index is 12.2. The fraction of sp³-hybridized carbons (Fsp3) is 0.588. The van der Waals surface area contributed by atoms with Crippen LogP contribution in [0.3, 0.4) is 0 Å². The molecule has 1 aliphatic heterocycles. The summed E-state index contributed by atoms with van der Waals surface area (Å²) >= 11 is 0. The van der Waals surface area contributed by atoms with E-state index in [2.05, 4.69) is 41.4 Å². The van der Waals surface area contributed by atoms with Gasteiger partial charge in [0, 0.05) is 45.7 Å². The van der Waals surface area contributed by atoms with Crippen molar-refractivity contribution in [2.45, 2.75) is 19.8 Å². The molecule has 22 heavy (non-hydrogen) atoms. The normalized spacial score (nSPS) is 14.7. The van der Waals surface area contributed by atoms with Gasteiger partial charge in [-0.3, -0.25) is 4.79 Å². The van der Waals surface area contributed by atoms with Crippen molar-refractivity contribution in [3.8, 4) is 0 Å². The summed E-state index contributed by atoms with van der Waals surface area (Å²) < 4.78 is 0. The molecular formula is C17H28ClN3O. The van der Waals surface area contributed by atoms with Crippen molar-refractivity contribution in [1.29, 1.82) is 0 Å². The van der Waals surface area contributed by atoms with E-state index in [9.17, 15) is 4.79 Å². The minimum Gasteiger partial charge on any atom is -0.340 e. The van der Waals surface area contributed by atoms with Crippen LogP contribution in [0.2, 0.25) is 0 Å². The van der Waals surface area contributed by atoms with Crippen molar-refractivity contribution in [3.63, 3.8) is 0 Å². The Morgan fingerprint density at radius 3 is 2.50 bits per heavy atom. The minimum atomic E-state index is 0. The molecule has 0 unspecified atom stereocenters. The van der Waals surface area contributed by atoms with Crippen LogP contribution >= 0.6 is 12.4 Å². The molecule has 0 atom stereocenters. The molecule has 0 spiro atoms. The first-order chi connectivity index (χ1) is 10.3. The molecule has 1 N–H and O–H groups in total. The van der Waals surface area contributed by atoms with E-state index in [4.69, 9.17) is 0 Å². The largest absolute Gasteiger partial charge is 0.340 e.